The molecule has 0 N–H and O–H groups in total. The van der Waals surface area contributed by atoms with Gasteiger partial charge in [0.1, 0.15) is 0 Å². The summed E-state index contributed by atoms with van der Waals surface area (Å²) in [5, 5.41) is 0. The van der Waals surface area contributed by atoms with Gasteiger partial charge in [0.15, 0.2) is 0 Å². The largest absolute Gasteiger partial charge is 0.261 e. The monoisotopic (exact) mass is 163 g/mol. The Labute approximate surface area is 75.2 Å². The number of nitrogens with zero attached hydrogens (tertiary/aromatic N) is 1. The lowest BCUT2D eigenvalue weighted by Gasteiger charge is -2.01. The molecule has 0 aliphatic rings. The molecule has 0 unspecified atom stereocenters. The van der Waals surface area contributed by atoms with Gasteiger partial charge >= 0.3 is 0 Å². The summed E-state index contributed by atoms with van der Waals surface area (Å²) in [6.45, 7) is 7.87. The van der Waals surface area contributed by atoms with Crippen LogP contribution in [0.5, 0.6) is 0 Å². The van der Waals surface area contributed by atoms with E-state index in [1.54, 1.807) is 0 Å². The molecule has 1 aromatic heterocycles. The first-order valence-electron chi connectivity index (χ1n) is 3.86. The molecule has 1 rings (SSSR count). The first-order chi connectivity index (χ1) is 5.27. The molecule has 12 heavy (non-hydrogen) atoms. The maximum absolute atomic E-state index is 4.25. The molecule has 0 fully saturated rings. The minimum atomic E-state index is 0. The topological polar surface area (TPSA) is 12.9 Å². The van der Waals surface area contributed by atoms with Crippen molar-refractivity contribution in [2.24, 2.45) is 0 Å². The second-order valence-corrected chi connectivity index (χ2v) is 2.57. The van der Waals surface area contributed by atoms with E-state index in [0.717, 1.165) is 17.7 Å². The number of hydrogen-bond donors (Lipinski definition) is 0. The second kappa shape index (κ2) is 4.70. The van der Waals surface area contributed by atoms with Gasteiger partial charge in [-0.05, 0) is 30.5 Å². The van der Waals surface area contributed by atoms with Gasteiger partial charge in [0.25, 0.3) is 0 Å². The molecular formula is C11H17N. The normalized spacial score (nSPS) is 8.83. The average molecular weight is 163 g/mol. The SMILES string of the molecule is C.C=Cc1cnc(C)c(CC)c1. The molecule has 0 amide bonds. The fraction of sp³-hybridized carbons (Fsp3) is 0.364. The van der Waals surface area contributed by atoms with Crippen LogP contribution in [0, 0.1) is 6.92 Å². The molecule has 0 aromatic carbocycles. The van der Waals surface area contributed by atoms with Crippen molar-refractivity contribution >= 4 is 6.08 Å². The van der Waals surface area contributed by atoms with Crippen LogP contribution in [0.1, 0.15) is 31.2 Å². The minimum Gasteiger partial charge on any atom is -0.261 e. The summed E-state index contributed by atoms with van der Waals surface area (Å²) in [6, 6.07) is 2.13. The van der Waals surface area contributed by atoms with Crippen LogP contribution in [0.4, 0.5) is 0 Å². The zero-order valence-corrected chi connectivity index (χ0v) is 7.09. The molecule has 0 spiro atoms. The van der Waals surface area contributed by atoms with Gasteiger partial charge in [-0.1, -0.05) is 27.0 Å². The number of aryl methyl sites for hydroxylation is 2. The molecule has 0 saturated heterocycles. The van der Waals surface area contributed by atoms with E-state index in [0.29, 0.717) is 0 Å². The van der Waals surface area contributed by atoms with Gasteiger partial charge in [-0.2, -0.15) is 0 Å². The molecule has 0 radical (unpaired) electrons. The van der Waals surface area contributed by atoms with Crippen LogP contribution in [-0.4, -0.2) is 4.98 Å². The van der Waals surface area contributed by atoms with Crippen molar-refractivity contribution in [2.75, 3.05) is 0 Å². The quantitative estimate of drug-likeness (QED) is 0.652. The highest BCUT2D eigenvalue weighted by Crippen LogP contribution is 2.08. The summed E-state index contributed by atoms with van der Waals surface area (Å²) in [5.41, 5.74) is 3.54. The van der Waals surface area contributed by atoms with Crippen molar-refractivity contribution < 1.29 is 0 Å². The molecule has 1 heterocycles. The van der Waals surface area contributed by atoms with Crippen molar-refractivity contribution in [3.05, 3.63) is 35.7 Å². The molecule has 1 heteroatoms. The highest BCUT2D eigenvalue weighted by atomic mass is 14.7. The zero-order chi connectivity index (χ0) is 8.27. The van der Waals surface area contributed by atoms with E-state index in [2.05, 4.69) is 24.6 Å². The third-order valence-corrected chi connectivity index (χ3v) is 1.83. The van der Waals surface area contributed by atoms with Crippen LogP contribution in [0.15, 0.2) is 18.8 Å². The number of aromatic nitrogens is 1. The van der Waals surface area contributed by atoms with Crippen LogP contribution >= 0.6 is 0 Å². The number of rotatable bonds is 2. The third kappa shape index (κ3) is 2.19. The fourth-order valence-corrected chi connectivity index (χ4v) is 1.07. The zero-order valence-electron chi connectivity index (χ0n) is 7.09. The van der Waals surface area contributed by atoms with Gasteiger partial charge in [0.05, 0.1) is 0 Å². The molecule has 0 bridgehead atoms. The molecule has 0 atom stereocenters. The fourth-order valence-electron chi connectivity index (χ4n) is 1.07. The highest BCUT2D eigenvalue weighted by molar-refractivity contribution is 5.47. The third-order valence-electron chi connectivity index (χ3n) is 1.83. The van der Waals surface area contributed by atoms with Crippen LogP contribution < -0.4 is 0 Å². The summed E-state index contributed by atoms with van der Waals surface area (Å²) in [5.74, 6) is 0. The Hall–Kier alpha value is -1.11. The lowest BCUT2D eigenvalue weighted by Crippen LogP contribution is -1.90. The molecule has 0 aliphatic heterocycles. The Morgan fingerprint density at radius 3 is 2.75 bits per heavy atom. The summed E-state index contributed by atoms with van der Waals surface area (Å²) >= 11 is 0. The predicted molar refractivity (Wildman–Crippen MR) is 55.2 cm³/mol. The maximum atomic E-state index is 4.25. The lowest BCUT2D eigenvalue weighted by molar-refractivity contribution is 1.04. The van der Waals surface area contributed by atoms with Gasteiger partial charge in [-0.3, -0.25) is 4.98 Å². The Morgan fingerprint density at radius 2 is 2.25 bits per heavy atom. The molecule has 66 valence electrons. The van der Waals surface area contributed by atoms with Crippen LogP contribution in [0.2, 0.25) is 0 Å². The van der Waals surface area contributed by atoms with Gasteiger partial charge in [-0.15, -0.1) is 0 Å². The van der Waals surface area contributed by atoms with E-state index >= 15 is 0 Å². The summed E-state index contributed by atoms with van der Waals surface area (Å²) in [6.07, 6.45) is 4.72. The Bertz CT molecular complexity index is 264. The Morgan fingerprint density at radius 1 is 1.58 bits per heavy atom. The Kier molecular flexibility index (Phi) is 4.27. The average Bonchev–Trinajstić information content (AvgIpc) is 2.05. The Balaban J connectivity index is 0.00000121. The van der Waals surface area contributed by atoms with E-state index in [1.165, 1.54) is 5.56 Å². The van der Waals surface area contributed by atoms with E-state index < -0.39 is 0 Å². The smallest absolute Gasteiger partial charge is 0.0404 e. The number of pyridine rings is 1. The number of hydrogen-bond acceptors (Lipinski definition) is 1. The van der Waals surface area contributed by atoms with E-state index in [-0.39, 0.29) is 7.43 Å². The first kappa shape index (κ1) is 10.9. The van der Waals surface area contributed by atoms with Gasteiger partial charge in [0, 0.05) is 11.9 Å². The maximum Gasteiger partial charge on any atom is 0.0404 e. The standard InChI is InChI=1S/C10H13N.CH4/c1-4-9-6-10(5-2)8(3)11-7-9;/h4,6-7H,1,5H2,2-3H3;1H4. The van der Waals surface area contributed by atoms with E-state index in [4.69, 9.17) is 0 Å². The summed E-state index contributed by atoms with van der Waals surface area (Å²) in [7, 11) is 0. The van der Waals surface area contributed by atoms with Crippen molar-refractivity contribution in [3.8, 4) is 0 Å². The molecule has 0 aliphatic carbocycles. The minimum absolute atomic E-state index is 0. The summed E-state index contributed by atoms with van der Waals surface area (Å²) in [4.78, 5) is 4.25. The second-order valence-electron chi connectivity index (χ2n) is 2.57. The van der Waals surface area contributed by atoms with Crippen molar-refractivity contribution in [1.82, 2.24) is 4.98 Å². The lowest BCUT2D eigenvalue weighted by atomic mass is 10.1. The highest BCUT2D eigenvalue weighted by Gasteiger charge is 1.96. The van der Waals surface area contributed by atoms with Crippen molar-refractivity contribution in [3.63, 3.8) is 0 Å². The van der Waals surface area contributed by atoms with Gasteiger partial charge < -0.3 is 0 Å². The van der Waals surface area contributed by atoms with Gasteiger partial charge in [0.2, 0.25) is 0 Å². The van der Waals surface area contributed by atoms with Crippen LogP contribution in [-0.2, 0) is 6.42 Å². The van der Waals surface area contributed by atoms with Crippen molar-refractivity contribution in [1.29, 1.82) is 0 Å². The predicted octanol–water partition coefficient (Wildman–Crippen LogP) is 3.23. The van der Waals surface area contributed by atoms with E-state index in [1.807, 2.05) is 19.2 Å². The van der Waals surface area contributed by atoms with Crippen LogP contribution in [0.25, 0.3) is 6.08 Å². The molecular weight excluding hydrogens is 146 g/mol. The molecule has 0 saturated carbocycles. The van der Waals surface area contributed by atoms with Crippen LogP contribution in [0.3, 0.4) is 0 Å². The molecule has 1 aromatic rings. The van der Waals surface area contributed by atoms with Crippen molar-refractivity contribution in [2.45, 2.75) is 27.7 Å². The summed E-state index contributed by atoms with van der Waals surface area (Å²) < 4.78 is 0. The first-order valence-corrected chi connectivity index (χ1v) is 3.86. The molecule has 1 nitrogen and oxygen atoms in total. The van der Waals surface area contributed by atoms with Gasteiger partial charge in [-0.25, -0.2) is 0 Å². The van der Waals surface area contributed by atoms with E-state index in [9.17, 15) is 0 Å².